The van der Waals surface area contributed by atoms with Gasteiger partial charge in [-0.15, -0.1) is 0 Å². The van der Waals surface area contributed by atoms with Gasteiger partial charge in [-0.3, -0.25) is 0 Å². The second kappa shape index (κ2) is 12.0. The van der Waals surface area contributed by atoms with Crippen LogP contribution in [0.5, 0.6) is 5.75 Å². The minimum Gasteiger partial charge on any atom is -0.487 e. The molecule has 1 fully saturated rings. The molecule has 0 aromatic heterocycles. The Kier molecular flexibility index (Phi) is 9.08. The molecule has 4 rings (SSSR count). The van der Waals surface area contributed by atoms with Crippen molar-refractivity contribution in [1.82, 2.24) is 8.61 Å². The maximum Gasteiger partial charge on any atom is 0.247 e. The number of benzene rings is 2. The lowest BCUT2D eigenvalue weighted by Crippen LogP contribution is -2.50. The van der Waals surface area contributed by atoms with Crippen LogP contribution in [0.3, 0.4) is 0 Å². The highest BCUT2D eigenvalue weighted by Crippen LogP contribution is 2.34. The zero-order valence-electron chi connectivity index (χ0n) is 23.0. The van der Waals surface area contributed by atoms with E-state index in [0.717, 1.165) is 18.4 Å². The van der Waals surface area contributed by atoms with Gasteiger partial charge >= 0.3 is 0 Å². The molecule has 0 radical (unpaired) electrons. The van der Waals surface area contributed by atoms with E-state index in [9.17, 15) is 21.9 Å². The van der Waals surface area contributed by atoms with Gasteiger partial charge in [-0.2, -0.15) is 8.61 Å². The predicted molar refractivity (Wildman–Crippen MR) is 150 cm³/mol. The summed E-state index contributed by atoms with van der Waals surface area (Å²) in [4.78, 5) is 0.159. The average molecular weight is 575 g/mol. The van der Waals surface area contributed by atoms with E-state index in [1.165, 1.54) is 34.6 Å². The van der Waals surface area contributed by atoms with Crippen molar-refractivity contribution >= 4 is 20.0 Å². The van der Waals surface area contributed by atoms with Gasteiger partial charge in [-0.25, -0.2) is 16.8 Å². The number of rotatable bonds is 6. The first-order valence-electron chi connectivity index (χ1n) is 13.4. The first kappa shape index (κ1) is 29.6. The summed E-state index contributed by atoms with van der Waals surface area (Å²) in [5, 5.41) is 9.85. The Labute approximate surface area is 233 Å². The molecule has 2 aromatic carbocycles. The van der Waals surface area contributed by atoms with E-state index in [1.807, 2.05) is 13.8 Å². The van der Waals surface area contributed by atoms with Crippen molar-refractivity contribution in [2.75, 3.05) is 26.7 Å². The predicted octanol–water partition coefficient (Wildman–Crippen LogP) is 3.63. The maximum atomic E-state index is 13.7. The fourth-order valence-corrected chi connectivity index (χ4v) is 8.03. The highest BCUT2D eigenvalue weighted by atomic mass is 32.2. The summed E-state index contributed by atoms with van der Waals surface area (Å²) >= 11 is 0. The largest absolute Gasteiger partial charge is 0.487 e. The summed E-state index contributed by atoms with van der Waals surface area (Å²) < 4.78 is 62.9. The number of nitrogens with zero attached hydrogens (tertiary/aromatic N) is 2. The van der Waals surface area contributed by atoms with Crippen LogP contribution >= 0.6 is 0 Å². The number of aryl methyl sites for hydroxylation is 1. The Balaban J connectivity index is 1.71. The van der Waals surface area contributed by atoms with Gasteiger partial charge in [-0.05, 0) is 57.0 Å². The standard InChI is InChI=1S/C29H38N2O6S2/c1-21-9-14-26(15-10-21)38(33,34)30(4)19-28-22(2)18-31(23(3)20-32)39(35,36)29-16-13-25(17-27(29)37-28)12-11-24-7-5-6-8-24/h9-10,13-17,22-24,28,32H,5-8,18-20H2,1-4H3/t22-,23-,28+/m1/s1. The first-order chi connectivity index (χ1) is 18.4. The summed E-state index contributed by atoms with van der Waals surface area (Å²) in [6.07, 6.45) is 3.82. The van der Waals surface area contributed by atoms with Crippen molar-refractivity contribution < 1.29 is 26.7 Å². The monoisotopic (exact) mass is 574 g/mol. The van der Waals surface area contributed by atoms with Gasteiger partial charge in [0, 0.05) is 37.0 Å². The van der Waals surface area contributed by atoms with Gasteiger partial charge in [0.15, 0.2) is 0 Å². The van der Waals surface area contributed by atoms with Crippen molar-refractivity contribution in [2.24, 2.45) is 11.8 Å². The Bertz CT molecular complexity index is 1440. The Morgan fingerprint density at radius 3 is 2.46 bits per heavy atom. The third-order valence-corrected chi connectivity index (χ3v) is 11.5. The lowest BCUT2D eigenvalue weighted by atomic mass is 10.0. The van der Waals surface area contributed by atoms with Crippen molar-refractivity contribution in [1.29, 1.82) is 0 Å². The van der Waals surface area contributed by atoms with E-state index < -0.39 is 32.2 Å². The van der Waals surface area contributed by atoms with Crippen LogP contribution in [-0.2, 0) is 20.0 Å². The molecule has 0 spiro atoms. The van der Waals surface area contributed by atoms with Gasteiger partial charge < -0.3 is 9.84 Å². The number of hydrogen-bond donors (Lipinski definition) is 1. The molecule has 3 atom stereocenters. The lowest BCUT2D eigenvalue weighted by molar-refractivity contribution is 0.0904. The number of aliphatic hydroxyl groups is 1. The van der Waals surface area contributed by atoms with Gasteiger partial charge in [0.1, 0.15) is 16.7 Å². The minimum atomic E-state index is -3.99. The molecule has 0 bridgehead atoms. The molecule has 39 heavy (non-hydrogen) atoms. The SMILES string of the molecule is Cc1ccc(S(=O)(=O)N(C)C[C@@H]2Oc3cc(C#CC4CCCC4)ccc3S(=O)(=O)N([C@H](C)CO)C[C@H]2C)cc1. The van der Waals surface area contributed by atoms with E-state index in [1.54, 1.807) is 43.3 Å². The van der Waals surface area contributed by atoms with E-state index in [2.05, 4.69) is 11.8 Å². The third kappa shape index (κ3) is 6.50. The fraction of sp³-hybridized carbons (Fsp3) is 0.517. The van der Waals surface area contributed by atoms with Crippen LogP contribution in [0, 0.1) is 30.6 Å². The molecule has 1 heterocycles. The highest BCUT2D eigenvalue weighted by molar-refractivity contribution is 7.89. The summed E-state index contributed by atoms with van der Waals surface area (Å²) in [6, 6.07) is 10.8. The molecule has 0 amide bonds. The van der Waals surface area contributed by atoms with Crippen molar-refractivity contribution in [3.8, 4) is 17.6 Å². The molecule has 0 saturated heterocycles. The molecule has 0 unspecified atom stereocenters. The van der Waals surface area contributed by atoms with Crippen LogP contribution in [0.4, 0.5) is 0 Å². The minimum absolute atomic E-state index is 0.0101. The summed E-state index contributed by atoms with van der Waals surface area (Å²) in [7, 11) is -6.30. The Morgan fingerprint density at radius 2 is 1.82 bits per heavy atom. The van der Waals surface area contributed by atoms with E-state index in [0.29, 0.717) is 11.5 Å². The topological polar surface area (TPSA) is 104 Å². The van der Waals surface area contributed by atoms with E-state index in [-0.39, 0.29) is 41.2 Å². The fourth-order valence-electron chi connectivity index (χ4n) is 5.02. The van der Waals surface area contributed by atoms with Crippen LogP contribution in [0.2, 0.25) is 0 Å². The molecule has 1 saturated carbocycles. The smallest absolute Gasteiger partial charge is 0.247 e. The lowest BCUT2D eigenvalue weighted by Gasteiger charge is -2.37. The van der Waals surface area contributed by atoms with Gasteiger partial charge in [0.2, 0.25) is 20.0 Å². The molecule has 2 aromatic rings. The molecule has 212 valence electrons. The molecule has 1 N–H and O–H groups in total. The number of fused-ring (bicyclic) bond motifs is 1. The summed E-state index contributed by atoms with van der Waals surface area (Å²) in [6.45, 7) is 5.10. The Hall–Kier alpha value is -2.42. The second-order valence-corrected chi connectivity index (χ2v) is 14.7. The number of hydrogen-bond acceptors (Lipinski definition) is 6. The van der Waals surface area contributed by atoms with E-state index >= 15 is 0 Å². The number of sulfonamides is 2. The average Bonchev–Trinajstić information content (AvgIpc) is 3.43. The summed E-state index contributed by atoms with van der Waals surface area (Å²) in [5.74, 6) is 6.57. The van der Waals surface area contributed by atoms with E-state index in [4.69, 9.17) is 4.74 Å². The molecular formula is C29H38N2O6S2. The molecule has 1 aliphatic carbocycles. The number of likely N-dealkylation sites (N-methyl/N-ethyl adjacent to an activating group) is 1. The molecule has 8 nitrogen and oxygen atoms in total. The highest BCUT2D eigenvalue weighted by Gasteiger charge is 2.39. The zero-order chi connectivity index (χ0) is 28.4. The number of aliphatic hydroxyl groups excluding tert-OH is 1. The third-order valence-electron chi connectivity index (χ3n) is 7.61. The van der Waals surface area contributed by atoms with Crippen LogP contribution in [0.25, 0.3) is 0 Å². The maximum absolute atomic E-state index is 13.7. The van der Waals surface area contributed by atoms with Crippen molar-refractivity contribution in [2.45, 2.75) is 68.4 Å². The van der Waals surface area contributed by atoms with Gasteiger partial charge in [0.25, 0.3) is 0 Å². The second-order valence-electron chi connectivity index (χ2n) is 10.8. The normalized spacial score (nSPS) is 22.7. The first-order valence-corrected chi connectivity index (χ1v) is 16.3. The van der Waals surface area contributed by atoms with Crippen LogP contribution in [-0.4, -0.2) is 69.4 Å². The van der Waals surface area contributed by atoms with Gasteiger partial charge in [0.05, 0.1) is 18.0 Å². The number of ether oxygens (including phenoxy) is 1. The van der Waals surface area contributed by atoms with Crippen LogP contribution < -0.4 is 4.74 Å². The zero-order valence-corrected chi connectivity index (χ0v) is 24.6. The quantitative estimate of drug-likeness (QED) is 0.529. The molecule has 2 aliphatic rings. The van der Waals surface area contributed by atoms with Crippen LogP contribution in [0.1, 0.15) is 50.7 Å². The van der Waals surface area contributed by atoms with Crippen molar-refractivity contribution in [3.05, 3.63) is 53.6 Å². The molecule has 10 heteroatoms. The summed E-state index contributed by atoms with van der Waals surface area (Å²) in [5.41, 5.74) is 1.60. The van der Waals surface area contributed by atoms with Crippen molar-refractivity contribution in [3.63, 3.8) is 0 Å². The molecule has 1 aliphatic heterocycles. The molecular weight excluding hydrogens is 536 g/mol. The van der Waals surface area contributed by atoms with Crippen LogP contribution in [0.15, 0.2) is 52.3 Å². The van der Waals surface area contributed by atoms with Gasteiger partial charge in [-0.1, -0.05) is 49.3 Å². The Morgan fingerprint density at radius 1 is 1.15 bits per heavy atom.